The van der Waals surface area contributed by atoms with E-state index in [2.05, 4.69) is 10.9 Å². The van der Waals surface area contributed by atoms with E-state index in [0.717, 1.165) is 0 Å². The Hall–Kier alpha value is -1.10. The molecule has 0 spiro atoms. The lowest BCUT2D eigenvalue weighted by Crippen LogP contribution is -2.44. The minimum Gasteiger partial charge on any atom is -0.481 e. The first-order valence-corrected chi connectivity index (χ1v) is 4.09. The number of nitrogens with one attached hydrogen (secondary N) is 2. The van der Waals surface area contributed by atoms with Gasteiger partial charge < -0.3 is 5.11 Å². The lowest BCUT2D eigenvalue weighted by molar-refractivity contribution is -0.137. The number of hydrogen-bond acceptors (Lipinski definition) is 3. The molecule has 0 bridgehead atoms. The summed E-state index contributed by atoms with van der Waals surface area (Å²) in [5.74, 6) is -1.05. The fourth-order valence-corrected chi connectivity index (χ4v) is 0.500. The van der Waals surface area contributed by atoms with Crippen molar-refractivity contribution in [2.24, 2.45) is 5.41 Å². The molecule has 0 atom stereocenters. The number of amides is 1. The van der Waals surface area contributed by atoms with Gasteiger partial charge in [-0.3, -0.25) is 15.0 Å². The molecule has 76 valence electrons. The minimum absolute atomic E-state index is 0.00950. The van der Waals surface area contributed by atoms with E-state index in [4.69, 9.17) is 5.11 Å². The number of carbonyl (C=O) groups is 2. The normalized spacial score (nSPS) is 11.0. The van der Waals surface area contributed by atoms with E-state index in [0.29, 0.717) is 0 Å². The second-order valence-corrected chi connectivity index (χ2v) is 3.77. The van der Waals surface area contributed by atoms with Crippen LogP contribution < -0.4 is 10.9 Å². The van der Waals surface area contributed by atoms with E-state index in [9.17, 15) is 9.59 Å². The van der Waals surface area contributed by atoms with Crippen LogP contribution in [0, 0.1) is 5.41 Å². The van der Waals surface area contributed by atoms with Crippen molar-refractivity contribution >= 4 is 11.9 Å². The third-order valence-corrected chi connectivity index (χ3v) is 1.35. The molecule has 5 nitrogen and oxygen atoms in total. The van der Waals surface area contributed by atoms with Gasteiger partial charge in [0.15, 0.2) is 0 Å². The van der Waals surface area contributed by atoms with Crippen molar-refractivity contribution in [2.75, 3.05) is 6.54 Å². The van der Waals surface area contributed by atoms with Crippen molar-refractivity contribution < 1.29 is 14.7 Å². The number of carboxylic acid groups (broad SMARTS) is 1. The zero-order valence-electron chi connectivity index (χ0n) is 8.18. The lowest BCUT2D eigenvalue weighted by atomic mass is 9.96. The first kappa shape index (κ1) is 11.9. The summed E-state index contributed by atoms with van der Waals surface area (Å²) in [5, 5.41) is 8.29. The van der Waals surface area contributed by atoms with Gasteiger partial charge in [0, 0.05) is 12.0 Å². The molecule has 0 rings (SSSR count). The SMILES string of the molecule is CC(C)(C)C(=O)NNCCC(=O)O. The Kier molecular flexibility index (Phi) is 4.40. The predicted molar refractivity (Wildman–Crippen MR) is 47.9 cm³/mol. The van der Waals surface area contributed by atoms with Gasteiger partial charge in [-0.2, -0.15) is 0 Å². The van der Waals surface area contributed by atoms with Crippen molar-refractivity contribution in [3.05, 3.63) is 0 Å². The summed E-state index contributed by atoms with van der Waals surface area (Å²) >= 11 is 0. The molecule has 0 aromatic carbocycles. The van der Waals surface area contributed by atoms with E-state index in [1.54, 1.807) is 20.8 Å². The van der Waals surface area contributed by atoms with Crippen molar-refractivity contribution in [3.8, 4) is 0 Å². The van der Waals surface area contributed by atoms with Crippen molar-refractivity contribution in [3.63, 3.8) is 0 Å². The highest BCUT2D eigenvalue weighted by molar-refractivity contribution is 5.80. The minimum atomic E-state index is -0.891. The summed E-state index contributed by atoms with van der Waals surface area (Å²) in [7, 11) is 0. The molecule has 1 amide bonds. The van der Waals surface area contributed by atoms with Crippen LogP contribution >= 0.6 is 0 Å². The molecular formula is C8H16N2O3. The number of aliphatic carboxylic acids is 1. The fourth-order valence-electron chi connectivity index (χ4n) is 0.500. The molecule has 0 radical (unpaired) electrons. The number of carboxylic acids is 1. The average molecular weight is 188 g/mol. The van der Waals surface area contributed by atoms with Gasteiger partial charge in [0.25, 0.3) is 0 Å². The van der Waals surface area contributed by atoms with Crippen molar-refractivity contribution in [2.45, 2.75) is 27.2 Å². The topological polar surface area (TPSA) is 78.4 Å². The average Bonchev–Trinajstić information content (AvgIpc) is 1.95. The molecule has 0 aliphatic rings. The molecule has 0 aliphatic heterocycles. The highest BCUT2D eigenvalue weighted by Crippen LogP contribution is 2.11. The third-order valence-electron chi connectivity index (χ3n) is 1.35. The Labute approximate surface area is 77.5 Å². The van der Waals surface area contributed by atoms with Gasteiger partial charge in [-0.25, -0.2) is 5.43 Å². The largest absolute Gasteiger partial charge is 0.481 e. The molecule has 0 heterocycles. The van der Waals surface area contributed by atoms with Gasteiger partial charge in [0.2, 0.25) is 5.91 Å². The molecule has 0 unspecified atom stereocenters. The maximum Gasteiger partial charge on any atom is 0.304 e. The molecule has 0 aromatic rings. The Balaban J connectivity index is 3.55. The number of carbonyl (C=O) groups excluding carboxylic acids is 1. The monoisotopic (exact) mass is 188 g/mol. The molecule has 0 saturated heterocycles. The highest BCUT2D eigenvalue weighted by Gasteiger charge is 2.20. The van der Waals surface area contributed by atoms with Crippen LogP contribution in [0.5, 0.6) is 0 Å². The summed E-state index contributed by atoms with van der Waals surface area (Å²) < 4.78 is 0. The van der Waals surface area contributed by atoms with Gasteiger partial charge in [-0.15, -0.1) is 0 Å². The van der Waals surface area contributed by atoms with Crippen LogP contribution in [0.1, 0.15) is 27.2 Å². The standard InChI is InChI=1S/C8H16N2O3/c1-8(2,3)7(13)10-9-5-4-6(11)12/h9H,4-5H2,1-3H3,(H,10,13)(H,11,12). The van der Waals surface area contributed by atoms with E-state index < -0.39 is 11.4 Å². The molecular weight excluding hydrogens is 172 g/mol. The first-order valence-electron chi connectivity index (χ1n) is 4.09. The van der Waals surface area contributed by atoms with Crippen LogP contribution in [0.25, 0.3) is 0 Å². The van der Waals surface area contributed by atoms with Crippen LogP contribution in [0.2, 0.25) is 0 Å². The summed E-state index contributed by atoms with van der Waals surface area (Å²) in [6, 6.07) is 0. The van der Waals surface area contributed by atoms with Crippen LogP contribution in [0.4, 0.5) is 0 Å². The van der Waals surface area contributed by atoms with Gasteiger partial charge in [-0.05, 0) is 0 Å². The Morgan fingerprint density at radius 2 is 1.85 bits per heavy atom. The van der Waals surface area contributed by atoms with Gasteiger partial charge in [0.1, 0.15) is 0 Å². The smallest absolute Gasteiger partial charge is 0.304 e. The third kappa shape index (κ3) is 6.10. The van der Waals surface area contributed by atoms with Crippen LogP contribution in [0.3, 0.4) is 0 Å². The second-order valence-electron chi connectivity index (χ2n) is 3.77. The van der Waals surface area contributed by atoms with E-state index in [-0.39, 0.29) is 18.9 Å². The van der Waals surface area contributed by atoms with Crippen LogP contribution in [-0.2, 0) is 9.59 Å². The van der Waals surface area contributed by atoms with Gasteiger partial charge >= 0.3 is 5.97 Å². The first-order chi connectivity index (χ1) is 5.84. The van der Waals surface area contributed by atoms with Crippen molar-refractivity contribution in [1.82, 2.24) is 10.9 Å². The Morgan fingerprint density at radius 1 is 1.31 bits per heavy atom. The molecule has 0 aliphatic carbocycles. The predicted octanol–water partition coefficient (Wildman–Crippen LogP) is 0.128. The fraction of sp³-hybridized carbons (Fsp3) is 0.750. The number of hydrogen-bond donors (Lipinski definition) is 3. The molecule has 13 heavy (non-hydrogen) atoms. The number of hydrazine groups is 1. The highest BCUT2D eigenvalue weighted by atomic mass is 16.4. The van der Waals surface area contributed by atoms with E-state index in [1.165, 1.54) is 0 Å². The molecule has 0 fully saturated rings. The quantitative estimate of drug-likeness (QED) is 0.433. The maximum atomic E-state index is 11.2. The van der Waals surface area contributed by atoms with Crippen LogP contribution in [-0.4, -0.2) is 23.5 Å². The summed E-state index contributed by atoms with van der Waals surface area (Å²) in [6.07, 6.45) is -0.00950. The molecule has 0 saturated carbocycles. The zero-order chi connectivity index (χ0) is 10.5. The van der Waals surface area contributed by atoms with Gasteiger partial charge in [0.05, 0.1) is 6.42 Å². The molecule has 5 heteroatoms. The molecule has 0 aromatic heterocycles. The summed E-state index contributed by atoms with van der Waals surface area (Å²) in [5.41, 5.74) is 4.51. The second kappa shape index (κ2) is 4.81. The number of rotatable bonds is 4. The van der Waals surface area contributed by atoms with Crippen LogP contribution in [0.15, 0.2) is 0 Å². The summed E-state index contributed by atoms with van der Waals surface area (Å²) in [6.45, 7) is 5.57. The lowest BCUT2D eigenvalue weighted by Gasteiger charge is -2.17. The zero-order valence-corrected chi connectivity index (χ0v) is 8.18. The van der Waals surface area contributed by atoms with E-state index in [1.807, 2.05) is 0 Å². The van der Waals surface area contributed by atoms with E-state index >= 15 is 0 Å². The van der Waals surface area contributed by atoms with Crippen molar-refractivity contribution in [1.29, 1.82) is 0 Å². The summed E-state index contributed by atoms with van der Waals surface area (Å²) in [4.78, 5) is 21.3. The Morgan fingerprint density at radius 3 is 2.23 bits per heavy atom. The van der Waals surface area contributed by atoms with Gasteiger partial charge in [-0.1, -0.05) is 20.8 Å². The maximum absolute atomic E-state index is 11.2. The Bertz CT molecular complexity index is 196. The molecule has 3 N–H and O–H groups in total.